The van der Waals surface area contributed by atoms with E-state index in [0.717, 1.165) is 16.0 Å². The monoisotopic (exact) mass is 725 g/mol. The summed E-state index contributed by atoms with van der Waals surface area (Å²) in [7, 11) is -3.78. The standard InChI is InChI=1S/C39H51NO8S2/c1-28-8-16-33(17-9-28)49-26-32(27-50(45,46)34-18-10-29(2)11-19-34)36(43)30-12-14-31(15-13-30)37(44)40(22-20-35(41)42)23-25-48-39(6,7)21-24-47-38(3,4)5/h8-19,32H,20-27H2,1-7H3,(H,41,42). The third-order valence-corrected chi connectivity index (χ3v) is 11.0. The topological polar surface area (TPSA) is 127 Å². The molecular weight excluding hydrogens is 675 g/mol. The van der Waals surface area contributed by atoms with Crippen LogP contribution in [0.1, 0.15) is 79.3 Å². The number of nitrogens with zero attached hydrogens (tertiary/aromatic N) is 1. The number of aryl methyl sites for hydroxylation is 2. The Kier molecular flexibility index (Phi) is 14.8. The molecule has 0 radical (unpaired) electrons. The zero-order valence-corrected chi connectivity index (χ0v) is 31.9. The molecule has 0 aliphatic heterocycles. The highest BCUT2D eigenvalue weighted by Gasteiger charge is 2.29. The molecule has 11 heteroatoms. The maximum atomic E-state index is 13.9. The first-order valence-corrected chi connectivity index (χ1v) is 19.4. The zero-order chi connectivity index (χ0) is 37.1. The van der Waals surface area contributed by atoms with Crippen LogP contribution in [0, 0.1) is 19.8 Å². The van der Waals surface area contributed by atoms with Gasteiger partial charge >= 0.3 is 5.97 Å². The van der Waals surface area contributed by atoms with Crippen molar-refractivity contribution >= 4 is 39.3 Å². The van der Waals surface area contributed by atoms with E-state index < -0.39 is 33.2 Å². The Labute approximate surface area is 301 Å². The predicted molar refractivity (Wildman–Crippen MR) is 198 cm³/mol. The van der Waals surface area contributed by atoms with Crippen LogP contribution in [-0.4, -0.2) is 85.1 Å². The van der Waals surface area contributed by atoms with Gasteiger partial charge in [0.2, 0.25) is 0 Å². The average Bonchev–Trinajstić information content (AvgIpc) is 3.04. The largest absolute Gasteiger partial charge is 0.481 e. The number of ether oxygens (including phenoxy) is 2. The normalized spacial score (nSPS) is 12.8. The first kappa shape index (κ1) is 40.9. The minimum Gasteiger partial charge on any atom is -0.481 e. The van der Waals surface area contributed by atoms with Gasteiger partial charge in [-0.2, -0.15) is 0 Å². The number of ketones is 1. The Bertz CT molecular complexity index is 1680. The summed E-state index contributed by atoms with van der Waals surface area (Å²) in [4.78, 5) is 41.3. The highest BCUT2D eigenvalue weighted by Crippen LogP contribution is 2.27. The molecule has 0 bridgehead atoms. The Hall–Kier alpha value is -3.51. The number of carbonyl (C=O) groups is 3. The van der Waals surface area contributed by atoms with Gasteiger partial charge < -0.3 is 19.5 Å². The number of benzene rings is 3. The van der Waals surface area contributed by atoms with Gasteiger partial charge in [-0.15, -0.1) is 11.8 Å². The average molecular weight is 726 g/mol. The second-order valence-electron chi connectivity index (χ2n) is 14.1. The molecule has 1 atom stereocenters. The van der Waals surface area contributed by atoms with Crippen molar-refractivity contribution < 1.29 is 37.4 Å². The molecule has 0 spiro atoms. The fraction of sp³-hybridized carbons (Fsp3) is 0.462. The summed E-state index contributed by atoms with van der Waals surface area (Å²) in [5.74, 6) is -2.73. The maximum Gasteiger partial charge on any atom is 0.305 e. The number of amides is 1. The van der Waals surface area contributed by atoms with Gasteiger partial charge in [0.15, 0.2) is 15.6 Å². The summed E-state index contributed by atoms with van der Waals surface area (Å²) < 4.78 is 38.8. The Morgan fingerprint density at radius 2 is 1.34 bits per heavy atom. The molecule has 1 amide bonds. The molecule has 3 aromatic carbocycles. The Balaban J connectivity index is 1.76. The lowest BCUT2D eigenvalue weighted by Crippen LogP contribution is -2.38. The molecule has 0 heterocycles. The van der Waals surface area contributed by atoms with E-state index >= 15 is 0 Å². The molecule has 0 fully saturated rings. The number of rotatable bonds is 19. The smallest absolute Gasteiger partial charge is 0.305 e. The van der Waals surface area contributed by atoms with Gasteiger partial charge in [-0.05, 0) is 91.3 Å². The van der Waals surface area contributed by atoms with Gasteiger partial charge in [0.25, 0.3) is 5.91 Å². The summed E-state index contributed by atoms with van der Waals surface area (Å²) in [6, 6.07) is 20.5. The molecule has 1 unspecified atom stereocenters. The van der Waals surface area contributed by atoms with Crippen LogP contribution in [0.3, 0.4) is 0 Å². The van der Waals surface area contributed by atoms with Crippen molar-refractivity contribution in [1.29, 1.82) is 0 Å². The summed E-state index contributed by atoms with van der Waals surface area (Å²) in [6.07, 6.45) is 0.403. The number of hydrogen-bond acceptors (Lipinski definition) is 8. The van der Waals surface area contributed by atoms with E-state index in [1.54, 1.807) is 24.3 Å². The van der Waals surface area contributed by atoms with Gasteiger partial charge in [-0.3, -0.25) is 14.4 Å². The van der Waals surface area contributed by atoms with Crippen molar-refractivity contribution in [2.45, 2.75) is 82.3 Å². The van der Waals surface area contributed by atoms with Crippen LogP contribution in [0.5, 0.6) is 0 Å². The second kappa shape index (κ2) is 18.1. The van der Waals surface area contributed by atoms with E-state index in [2.05, 4.69) is 0 Å². The van der Waals surface area contributed by atoms with Crippen LogP contribution < -0.4 is 0 Å². The second-order valence-corrected chi connectivity index (χ2v) is 17.2. The fourth-order valence-corrected chi connectivity index (χ4v) is 7.67. The molecule has 0 saturated heterocycles. The van der Waals surface area contributed by atoms with E-state index in [-0.39, 0.29) is 65.0 Å². The Morgan fingerprint density at radius 1 is 0.780 bits per heavy atom. The predicted octanol–water partition coefficient (Wildman–Crippen LogP) is 7.29. The molecular formula is C39H51NO8S2. The number of Topliss-reactive ketones (excluding diaryl/α,β-unsaturated/α-hetero) is 1. The van der Waals surface area contributed by atoms with Crippen LogP contribution in [-0.2, 0) is 24.1 Å². The van der Waals surface area contributed by atoms with Gasteiger partial charge in [0.05, 0.1) is 34.9 Å². The zero-order valence-electron chi connectivity index (χ0n) is 30.2. The third-order valence-electron chi connectivity index (χ3n) is 8.04. The molecule has 3 rings (SSSR count). The van der Waals surface area contributed by atoms with Crippen molar-refractivity contribution in [2.75, 3.05) is 37.8 Å². The van der Waals surface area contributed by atoms with Crippen molar-refractivity contribution in [2.24, 2.45) is 5.92 Å². The minimum absolute atomic E-state index is 0.0129. The van der Waals surface area contributed by atoms with Gasteiger partial charge in [-0.1, -0.05) is 47.5 Å². The van der Waals surface area contributed by atoms with E-state index in [0.29, 0.717) is 13.0 Å². The van der Waals surface area contributed by atoms with Crippen molar-refractivity contribution in [3.05, 3.63) is 95.1 Å². The van der Waals surface area contributed by atoms with E-state index in [1.165, 1.54) is 40.9 Å². The summed E-state index contributed by atoms with van der Waals surface area (Å²) in [5, 5.41) is 9.31. The number of aliphatic carboxylic acids is 1. The van der Waals surface area contributed by atoms with Crippen LogP contribution in [0.25, 0.3) is 0 Å². The van der Waals surface area contributed by atoms with Crippen molar-refractivity contribution in [3.8, 4) is 0 Å². The number of carboxylic acid groups (broad SMARTS) is 1. The maximum absolute atomic E-state index is 13.9. The third kappa shape index (κ3) is 13.7. The number of carboxylic acids is 1. The van der Waals surface area contributed by atoms with Gasteiger partial charge in [0, 0.05) is 47.4 Å². The lowest BCUT2D eigenvalue weighted by atomic mass is 9.99. The van der Waals surface area contributed by atoms with Crippen molar-refractivity contribution in [1.82, 2.24) is 4.90 Å². The Morgan fingerprint density at radius 3 is 1.90 bits per heavy atom. The van der Waals surface area contributed by atoms with E-state index in [4.69, 9.17) is 9.47 Å². The molecule has 0 aliphatic rings. The summed E-state index contributed by atoms with van der Waals surface area (Å²) in [6.45, 7) is 14.5. The lowest BCUT2D eigenvalue weighted by molar-refractivity contribution is -0.137. The number of carbonyl (C=O) groups excluding carboxylic acids is 2. The molecule has 1 N–H and O–H groups in total. The van der Waals surface area contributed by atoms with Gasteiger partial charge in [0.1, 0.15) is 0 Å². The quantitative estimate of drug-likeness (QED) is 0.100. The van der Waals surface area contributed by atoms with E-state index in [1.807, 2.05) is 72.7 Å². The lowest BCUT2D eigenvalue weighted by Gasteiger charge is -2.29. The number of hydrogen-bond donors (Lipinski definition) is 1. The number of sulfone groups is 1. The molecule has 0 saturated carbocycles. The van der Waals surface area contributed by atoms with E-state index in [9.17, 15) is 27.9 Å². The van der Waals surface area contributed by atoms with Crippen molar-refractivity contribution in [3.63, 3.8) is 0 Å². The molecule has 3 aromatic rings. The fourth-order valence-electron chi connectivity index (χ4n) is 4.99. The molecule has 272 valence electrons. The molecule has 0 aromatic heterocycles. The first-order valence-electron chi connectivity index (χ1n) is 16.8. The first-order chi connectivity index (χ1) is 23.3. The summed E-state index contributed by atoms with van der Waals surface area (Å²) in [5.41, 5.74) is 1.81. The van der Waals surface area contributed by atoms with Crippen LogP contribution in [0.4, 0.5) is 0 Å². The van der Waals surface area contributed by atoms with Gasteiger partial charge in [-0.25, -0.2) is 8.42 Å². The number of thioether (sulfide) groups is 1. The minimum atomic E-state index is -3.78. The van der Waals surface area contributed by atoms with Crippen LogP contribution in [0.2, 0.25) is 0 Å². The summed E-state index contributed by atoms with van der Waals surface area (Å²) >= 11 is 1.42. The van der Waals surface area contributed by atoms with Crippen LogP contribution in [0.15, 0.2) is 82.6 Å². The molecule has 9 nitrogen and oxygen atoms in total. The molecule has 0 aliphatic carbocycles. The van der Waals surface area contributed by atoms with Crippen LogP contribution >= 0.6 is 11.8 Å². The molecule has 50 heavy (non-hydrogen) atoms. The highest BCUT2D eigenvalue weighted by atomic mass is 32.2. The SMILES string of the molecule is Cc1ccc(SCC(CS(=O)(=O)c2ccc(C)cc2)C(=O)c2ccc(C(=O)N(CCOC(C)(C)CCOC(C)(C)C)CCC(=O)O)cc2)cc1. The highest BCUT2D eigenvalue weighted by molar-refractivity contribution is 7.99.